The number of carbonyl (C=O) groups excluding carboxylic acids is 1. The average Bonchev–Trinajstić information content (AvgIpc) is 3.59. The lowest BCUT2D eigenvalue weighted by Crippen LogP contribution is -2.51. The number of alkyl halides is 3. The Bertz CT molecular complexity index is 1240. The van der Waals surface area contributed by atoms with Crippen LogP contribution in [0.1, 0.15) is 29.0 Å². The van der Waals surface area contributed by atoms with E-state index in [1.54, 1.807) is 6.92 Å². The number of hydrogen-bond acceptors (Lipinski definition) is 5. The molecule has 1 aliphatic carbocycles. The minimum absolute atomic E-state index is 0.00721. The highest BCUT2D eigenvalue weighted by atomic mass is 32.2. The third-order valence-electron chi connectivity index (χ3n) is 6.32. The van der Waals surface area contributed by atoms with Crippen LogP contribution in [-0.4, -0.2) is 54.6 Å². The Hall–Kier alpha value is -2.99. The normalized spacial score (nSPS) is 21.4. The van der Waals surface area contributed by atoms with Crippen molar-refractivity contribution < 1.29 is 31.3 Å². The molecular weight excluding hydrogens is 475 g/mol. The number of sulfonamides is 1. The summed E-state index contributed by atoms with van der Waals surface area (Å²) < 4.78 is 67.3. The topological polar surface area (TPSA) is 101 Å². The van der Waals surface area contributed by atoms with Crippen LogP contribution in [-0.2, 0) is 21.0 Å². The monoisotopic (exact) mass is 497 g/mol. The van der Waals surface area contributed by atoms with Gasteiger partial charge in [-0.2, -0.15) is 17.5 Å². The van der Waals surface area contributed by atoms with Gasteiger partial charge in [-0.3, -0.25) is 14.9 Å². The lowest BCUT2D eigenvalue weighted by atomic mass is 10.0. The number of hydrogen-bond donors (Lipinski definition) is 0. The Kier molecular flexibility index (Phi) is 6.15. The first-order valence-electron chi connectivity index (χ1n) is 10.6. The molecule has 8 nitrogen and oxygen atoms in total. The summed E-state index contributed by atoms with van der Waals surface area (Å²) in [5, 5.41) is 11.1. The molecule has 1 amide bonds. The number of halogens is 3. The fourth-order valence-corrected chi connectivity index (χ4v) is 6.06. The summed E-state index contributed by atoms with van der Waals surface area (Å²) in [6.45, 7) is 1.72. The molecule has 1 saturated carbocycles. The predicted octanol–water partition coefficient (Wildman–Crippen LogP) is 3.56. The molecule has 2 aliphatic rings. The number of benzene rings is 2. The summed E-state index contributed by atoms with van der Waals surface area (Å²) in [5.74, 6) is -1.36. The second-order valence-corrected chi connectivity index (χ2v) is 10.4. The molecule has 34 heavy (non-hydrogen) atoms. The zero-order chi connectivity index (χ0) is 24.8. The van der Waals surface area contributed by atoms with Crippen LogP contribution in [0, 0.1) is 23.0 Å². The summed E-state index contributed by atoms with van der Waals surface area (Å²) in [6, 6.07) is 8.86. The maximum Gasteiger partial charge on any atom is 0.416 e. The van der Waals surface area contributed by atoms with Crippen molar-refractivity contribution in [2.45, 2.75) is 30.3 Å². The van der Waals surface area contributed by atoms with Gasteiger partial charge in [0.15, 0.2) is 0 Å². The molecule has 2 aromatic carbocycles. The lowest BCUT2D eigenvalue weighted by molar-refractivity contribution is -0.385. The Morgan fingerprint density at radius 2 is 1.74 bits per heavy atom. The molecule has 1 heterocycles. The van der Waals surface area contributed by atoms with E-state index in [4.69, 9.17) is 0 Å². The molecule has 0 spiro atoms. The average molecular weight is 497 g/mol. The van der Waals surface area contributed by atoms with Crippen molar-refractivity contribution in [2.75, 3.05) is 26.2 Å². The van der Waals surface area contributed by atoms with Crippen molar-refractivity contribution in [3.8, 4) is 0 Å². The van der Waals surface area contributed by atoms with Gasteiger partial charge in [0.1, 0.15) is 0 Å². The Balaban J connectivity index is 1.43. The first kappa shape index (κ1) is 24.1. The first-order valence-corrected chi connectivity index (χ1v) is 12.1. The highest BCUT2D eigenvalue weighted by Crippen LogP contribution is 2.51. The molecule has 2 fully saturated rings. The smallest absolute Gasteiger partial charge is 0.340 e. The largest absolute Gasteiger partial charge is 0.416 e. The molecule has 4 rings (SSSR count). The number of nitro benzene ring substituents is 1. The van der Waals surface area contributed by atoms with Gasteiger partial charge in [-0.25, -0.2) is 8.42 Å². The van der Waals surface area contributed by atoms with E-state index < -0.39 is 38.5 Å². The van der Waals surface area contributed by atoms with Crippen molar-refractivity contribution >= 4 is 21.6 Å². The predicted molar refractivity (Wildman–Crippen MR) is 115 cm³/mol. The van der Waals surface area contributed by atoms with Gasteiger partial charge >= 0.3 is 6.18 Å². The number of rotatable bonds is 5. The number of non-ortho nitro benzene ring substituents is 1. The summed E-state index contributed by atoms with van der Waals surface area (Å²) in [7, 11) is -4.01. The molecule has 182 valence electrons. The van der Waals surface area contributed by atoms with E-state index in [1.807, 2.05) is 0 Å². The Morgan fingerprint density at radius 1 is 1.09 bits per heavy atom. The molecule has 0 N–H and O–H groups in total. The van der Waals surface area contributed by atoms with Crippen LogP contribution in [0.4, 0.5) is 18.9 Å². The second-order valence-electron chi connectivity index (χ2n) is 8.47. The number of nitrogens with zero attached hydrogens (tertiary/aromatic N) is 3. The molecule has 2 atom stereocenters. The van der Waals surface area contributed by atoms with Gasteiger partial charge in [-0.15, -0.1) is 0 Å². The summed E-state index contributed by atoms with van der Waals surface area (Å²) >= 11 is 0. The highest BCUT2D eigenvalue weighted by molar-refractivity contribution is 7.89. The van der Waals surface area contributed by atoms with Crippen LogP contribution in [0.25, 0.3) is 0 Å². The third-order valence-corrected chi connectivity index (χ3v) is 8.36. The maximum atomic E-state index is 13.3. The van der Waals surface area contributed by atoms with Crippen molar-refractivity contribution in [1.82, 2.24) is 9.21 Å². The van der Waals surface area contributed by atoms with Gasteiger partial charge < -0.3 is 4.90 Å². The maximum absolute atomic E-state index is 13.3. The molecule has 0 bridgehead atoms. The van der Waals surface area contributed by atoms with Gasteiger partial charge in [0.2, 0.25) is 15.9 Å². The van der Waals surface area contributed by atoms with Crippen molar-refractivity contribution in [3.05, 3.63) is 69.3 Å². The van der Waals surface area contributed by atoms with Crippen LogP contribution in [0.2, 0.25) is 0 Å². The van der Waals surface area contributed by atoms with Gasteiger partial charge in [-0.05, 0) is 36.5 Å². The van der Waals surface area contributed by atoms with E-state index in [9.17, 15) is 36.5 Å². The first-order chi connectivity index (χ1) is 15.9. The second kappa shape index (κ2) is 8.66. The number of carbonyl (C=O) groups is 1. The zero-order valence-electron chi connectivity index (χ0n) is 18.2. The quantitative estimate of drug-likeness (QED) is 0.465. The van der Waals surface area contributed by atoms with Gasteiger partial charge in [-0.1, -0.05) is 24.3 Å². The fraction of sp³-hybridized carbons (Fsp3) is 0.409. The minimum Gasteiger partial charge on any atom is -0.340 e. The van der Waals surface area contributed by atoms with E-state index in [-0.39, 0.29) is 48.2 Å². The molecular formula is C22H22F3N3O5S. The third kappa shape index (κ3) is 4.51. The van der Waals surface area contributed by atoms with Crippen molar-refractivity contribution in [1.29, 1.82) is 0 Å². The van der Waals surface area contributed by atoms with Crippen LogP contribution < -0.4 is 0 Å². The standard InChI is InChI=1S/C22H22F3N3O5S/c1-14-6-7-15(28(30)31)12-20(14)34(32,33)27-10-8-26(9-11-27)21(29)18-13-17(18)16-4-2-3-5-19(16)22(23,24)25/h2-7,12,17-18H,8-11,13H2,1H3. The molecule has 0 aromatic heterocycles. The van der Waals surface area contributed by atoms with Crippen molar-refractivity contribution in [2.24, 2.45) is 5.92 Å². The number of aryl methyl sites for hydroxylation is 1. The van der Waals surface area contributed by atoms with Crippen LogP contribution in [0.3, 0.4) is 0 Å². The van der Waals surface area contributed by atoms with E-state index in [0.29, 0.717) is 12.0 Å². The van der Waals surface area contributed by atoms with Gasteiger partial charge in [0.25, 0.3) is 5.69 Å². The summed E-state index contributed by atoms with van der Waals surface area (Å²) in [6.07, 6.45) is -4.19. The highest BCUT2D eigenvalue weighted by Gasteiger charge is 2.49. The SMILES string of the molecule is Cc1ccc([N+](=O)[O-])cc1S(=O)(=O)N1CCN(C(=O)C2CC2c2ccccc2C(F)(F)F)CC1. The lowest BCUT2D eigenvalue weighted by Gasteiger charge is -2.34. The van der Waals surface area contributed by atoms with Crippen LogP contribution >= 0.6 is 0 Å². The van der Waals surface area contributed by atoms with Gasteiger partial charge in [0, 0.05) is 44.2 Å². The van der Waals surface area contributed by atoms with E-state index >= 15 is 0 Å². The van der Waals surface area contributed by atoms with E-state index in [2.05, 4.69) is 0 Å². The molecule has 0 radical (unpaired) electrons. The molecule has 2 unspecified atom stereocenters. The number of piperazine rings is 1. The summed E-state index contributed by atoms with van der Waals surface area (Å²) in [5.41, 5.74) is -0.598. The Morgan fingerprint density at radius 3 is 2.35 bits per heavy atom. The minimum atomic E-state index is -4.50. The van der Waals surface area contributed by atoms with E-state index in [1.165, 1.54) is 39.5 Å². The molecule has 1 saturated heterocycles. The molecule has 2 aromatic rings. The molecule has 12 heteroatoms. The van der Waals surface area contributed by atoms with Crippen LogP contribution in [0.15, 0.2) is 47.4 Å². The van der Waals surface area contributed by atoms with Gasteiger partial charge in [0.05, 0.1) is 15.4 Å². The Labute approximate surface area is 194 Å². The molecule has 1 aliphatic heterocycles. The van der Waals surface area contributed by atoms with E-state index in [0.717, 1.165) is 12.1 Å². The van der Waals surface area contributed by atoms with Crippen LogP contribution in [0.5, 0.6) is 0 Å². The number of amides is 1. The summed E-state index contributed by atoms with van der Waals surface area (Å²) in [4.78, 5) is 24.6. The zero-order valence-corrected chi connectivity index (χ0v) is 19.0. The van der Waals surface area contributed by atoms with Crippen molar-refractivity contribution in [3.63, 3.8) is 0 Å². The fourth-order valence-electron chi connectivity index (χ4n) is 4.39. The number of nitro groups is 1.